The minimum absolute atomic E-state index is 0. The molecule has 2 heterocycles. The van der Waals surface area contributed by atoms with Crippen molar-refractivity contribution in [3.63, 3.8) is 0 Å². The van der Waals surface area contributed by atoms with E-state index in [0.717, 1.165) is 18.9 Å². The monoisotopic (exact) mass is 341 g/mol. The second kappa shape index (κ2) is 8.02. The zero-order valence-corrected chi connectivity index (χ0v) is 15.2. The average molecular weight is 342 g/mol. The molecule has 0 aliphatic carbocycles. The van der Waals surface area contributed by atoms with E-state index in [4.69, 9.17) is 0 Å². The summed E-state index contributed by atoms with van der Waals surface area (Å²) in [4.78, 5) is 4.59. The van der Waals surface area contributed by atoms with Gasteiger partial charge in [-0.05, 0) is 38.0 Å². The summed E-state index contributed by atoms with van der Waals surface area (Å²) in [7, 11) is 0. The number of allylic oxidation sites excluding steroid dienone is 2. The Hall–Kier alpha value is -2.26. The van der Waals surface area contributed by atoms with Crippen molar-refractivity contribution in [3.8, 4) is 0 Å². The molecule has 0 fully saturated rings. The lowest BCUT2D eigenvalue weighted by Crippen LogP contribution is -2.05. The predicted octanol–water partition coefficient (Wildman–Crippen LogP) is 5.26. The fourth-order valence-electron chi connectivity index (χ4n) is 2.94. The molecule has 0 unspecified atom stereocenters. The number of fused-ring (bicyclic) bond motifs is 1. The third kappa shape index (κ3) is 3.46. The summed E-state index contributed by atoms with van der Waals surface area (Å²) < 4.78 is 2.34. The summed E-state index contributed by atoms with van der Waals surface area (Å²) in [6.07, 6.45) is 6.16. The van der Waals surface area contributed by atoms with E-state index in [9.17, 15) is 0 Å². The number of anilines is 1. The first-order valence-corrected chi connectivity index (χ1v) is 8.05. The van der Waals surface area contributed by atoms with Crippen LogP contribution in [0, 0.1) is 13.8 Å². The van der Waals surface area contributed by atoms with Crippen LogP contribution < -0.4 is 5.32 Å². The normalized spacial score (nSPS) is 11.0. The zero-order valence-electron chi connectivity index (χ0n) is 14.4. The molecule has 0 amide bonds. The van der Waals surface area contributed by atoms with Gasteiger partial charge in [0, 0.05) is 30.4 Å². The van der Waals surface area contributed by atoms with Gasteiger partial charge in [0.15, 0.2) is 5.82 Å². The Balaban J connectivity index is 0.00000208. The lowest BCUT2D eigenvalue weighted by atomic mass is 10.2. The Morgan fingerprint density at radius 3 is 2.58 bits per heavy atom. The SMILES string of the molecule is C/C=C/Cn1c(C)c(C)c2ccnc(NCc3ccccc3)c21.Cl. The maximum Gasteiger partial charge on any atom is 0.150 e. The Kier molecular flexibility index (Phi) is 6.04. The first-order chi connectivity index (χ1) is 11.2. The van der Waals surface area contributed by atoms with E-state index >= 15 is 0 Å². The van der Waals surface area contributed by atoms with Crippen LogP contribution in [0.4, 0.5) is 5.82 Å². The molecule has 24 heavy (non-hydrogen) atoms. The fourth-order valence-corrected chi connectivity index (χ4v) is 2.94. The number of hydrogen-bond donors (Lipinski definition) is 1. The van der Waals surface area contributed by atoms with E-state index in [1.807, 2.05) is 12.3 Å². The lowest BCUT2D eigenvalue weighted by Gasteiger charge is -2.11. The Morgan fingerprint density at radius 1 is 1.12 bits per heavy atom. The average Bonchev–Trinajstić information content (AvgIpc) is 2.84. The molecule has 4 heteroatoms. The second-order valence-corrected chi connectivity index (χ2v) is 5.78. The number of hydrogen-bond acceptors (Lipinski definition) is 2. The highest BCUT2D eigenvalue weighted by Crippen LogP contribution is 2.29. The van der Waals surface area contributed by atoms with E-state index in [0.29, 0.717) is 0 Å². The number of nitrogens with one attached hydrogen (secondary N) is 1. The number of rotatable bonds is 5. The van der Waals surface area contributed by atoms with Crippen molar-refractivity contribution in [1.29, 1.82) is 0 Å². The topological polar surface area (TPSA) is 29.9 Å². The van der Waals surface area contributed by atoms with Crippen molar-refractivity contribution in [2.24, 2.45) is 0 Å². The third-order valence-electron chi connectivity index (χ3n) is 4.37. The molecule has 1 N–H and O–H groups in total. The Labute approximate surface area is 149 Å². The van der Waals surface area contributed by atoms with Crippen LogP contribution in [-0.2, 0) is 13.1 Å². The standard InChI is InChI=1S/C20H23N3.ClH/c1-4-5-13-23-16(3)15(2)18-11-12-21-20(19(18)23)22-14-17-9-7-6-8-10-17;/h4-12H,13-14H2,1-3H3,(H,21,22);1H/b5-4+;. The van der Waals surface area contributed by atoms with Gasteiger partial charge in [-0.25, -0.2) is 4.98 Å². The molecule has 126 valence electrons. The molecule has 0 aliphatic heterocycles. The van der Waals surface area contributed by atoms with Gasteiger partial charge in [0.05, 0.1) is 5.52 Å². The molecule has 0 saturated carbocycles. The van der Waals surface area contributed by atoms with Crippen molar-refractivity contribution < 1.29 is 0 Å². The van der Waals surface area contributed by atoms with Crippen molar-refractivity contribution in [3.05, 3.63) is 71.6 Å². The van der Waals surface area contributed by atoms with Gasteiger partial charge in [0.25, 0.3) is 0 Å². The molecule has 0 radical (unpaired) electrons. The van der Waals surface area contributed by atoms with Crippen molar-refractivity contribution in [1.82, 2.24) is 9.55 Å². The number of nitrogens with zero attached hydrogens (tertiary/aromatic N) is 2. The molecular formula is C20H24ClN3. The van der Waals surface area contributed by atoms with Gasteiger partial charge in [-0.3, -0.25) is 0 Å². The van der Waals surface area contributed by atoms with E-state index in [1.165, 1.54) is 27.7 Å². The van der Waals surface area contributed by atoms with E-state index in [1.54, 1.807) is 0 Å². The van der Waals surface area contributed by atoms with Gasteiger partial charge in [0.2, 0.25) is 0 Å². The van der Waals surface area contributed by atoms with Gasteiger partial charge in [-0.2, -0.15) is 0 Å². The first-order valence-electron chi connectivity index (χ1n) is 8.05. The van der Waals surface area contributed by atoms with Crippen LogP contribution in [0.25, 0.3) is 10.9 Å². The molecule has 3 rings (SSSR count). The van der Waals surface area contributed by atoms with Crippen LogP contribution >= 0.6 is 12.4 Å². The number of pyridine rings is 1. The van der Waals surface area contributed by atoms with E-state index in [2.05, 4.69) is 78.1 Å². The summed E-state index contributed by atoms with van der Waals surface area (Å²) in [5.41, 5.74) is 5.08. The number of aromatic nitrogens is 2. The Morgan fingerprint density at radius 2 is 1.88 bits per heavy atom. The number of aryl methyl sites for hydroxylation is 1. The summed E-state index contributed by atoms with van der Waals surface area (Å²) in [6, 6.07) is 12.5. The van der Waals surface area contributed by atoms with Crippen LogP contribution in [0.3, 0.4) is 0 Å². The molecule has 0 aliphatic rings. The van der Waals surface area contributed by atoms with Gasteiger partial charge in [0.1, 0.15) is 0 Å². The van der Waals surface area contributed by atoms with Crippen LogP contribution in [0.15, 0.2) is 54.7 Å². The molecule has 1 aromatic carbocycles. The lowest BCUT2D eigenvalue weighted by molar-refractivity contribution is 0.820. The highest BCUT2D eigenvalue weighted by Gasteiger charge is 2.14. The maximum atomic E-state index is 4.59. The van der Waals surface area contributed by atoms with Crippen molar-refractivity contribution in [2.75, 3.05) is 5.32 Å². The molecule has 0 spiro atoms. The van der Waals surface area contributed by atoms with Crippen LogP contribution in [-0.4, -0.2) is 9.55 Å². The molecule has 3 nitrogen and oxygen atoms in total. The molecule has 3 aromatic rings. The Bertz CT molecular complexity index is 835. The van der Waals surface area contributed by atoms with Crippen LogP contribution in [0.5, 0.6) is 0 Å². The highest BCUT2D eigenvalue weighted by molar-refractivity contribution is 5.93. The molecule has 2 aromatic heterocycles. The van der Waals surface area contributed by atoms with Crippen molar-refractivity contribution >= 4 is 29.1 Å². The molecule has 0 saturated heterocycles. The highest BCUT2D eigenvalue weighted by atomic mass is 35.5. The summed E-state index contributed by atoms with van der Waals surface area (Å²) >= 11 is 0. The molecular weight excluding hydrogens is 318 g/mol. The first kappa shape index (κ1) is 18.1. The maximum absolute atomic E-state index is 4.59. The smallest absolute Gasteiger partial charge is 0.150 e. The minimum atomic E-state index is 0. The van der Waals surface area contributed by atoms with Gasteiger partial charge < -0.3 is 9.88 Å². The van der Waals surface area contributed by atoms with Crippen molar-refractivity contribution in [2.45, 2.75) is 33.9 Å². The third-order valence-corrected chi connectivity index (χ3v) is 4.37. The van der Waals surface area contributed by atoms with Gasteiger partial charge in [-0.15, -0.1) is 12.4 Å². The van der Waals surface area contributed by atoms with Gasteiger partial charge >= 0.3 is 0 Å². The fraction of sp³-hybridized carbons (Fsp3) is 0.250. The largest absolute Gasteiger partial charge is 0.364 e. The van der Waals surface area contributed by atoms with Crippen LogP contribution in [0.2, 0.25) is 0 Å². The zero-order chi connectivity index (χ0) is 16.2. The van der Waals surface area contributed by atoms with E-state index in [-0.39, 0.29) is 12.4 Å². The van der Waals surface area contributed by atoms with Crippen LogP contribution in [0.1, 0.15) is 23.7 Å². The summed E-state index contributed by atoms with van der Waals surface area (Å²) in [6.45, 7) is 8.07. The number of benzene rings is 1. The minimum Gasteiger partial charge on any atom is -0.364 e. The van der Waals surface area contributed by atoms with Gasteiger partial charge in [-0.1, -0.05) is 42.5 Å². The molecule has 0 atom stereocenters. The summed E-state index contributed by atoms with van der Waals surface area (Å²) in [5.74, 6) is 0.951. The quantitative estimate of drug-likeness (QED) is 0.641. The predicted molar refractivity (Wildman–Crippen MR) is 105 cm³/mol. The number of halogens is 1. The molecule has 0 bridgehead atoms. The second-order valence-electron chi connectivity index (χ2n) is 5.78. The summed E-state index contributed by atoms with van der Waals surface area (Å²) in [5, 5.41) is 4.78. The van der Waals surface area contributed by atoms with E-state index < -0.39 is 0 Å².